The molecule has 28 heavy (non-hydrogen) atoms. The third-order valence-corrected chi connectivity index (χ3v) is 8.14. The second-order valence-electron chi connectivity index (χ2n) is 9.40. The average molecular weight is 383 g/mol. The van der Waals surface area contributed by atoms with Crippen molar-refractivity contribution in [1.29, 1.82) is 0 Å². The van der Waals surface area contributed by atoms with Crippen LogP contribution in [0.1, 0.15) is 63.8 Å². The van der Waals surface area contributed by atoms with Crippen LogP contribution < -0.4 is 0 Å². The van der Waals surface area contributed by atoms with Gasteiger partial charge in [-0.25, -0.2) is 0 Å². The number of allylic oxidation sites excluding steroid dienone is 5. The predicted octanol–water partition coefficient (Wildman–Crippen LogP) is 7.51. The van der Waals surface area contributed by atoms with E-state index in [1.165, 1.54) is 44.5 Å². The highest BCUT2D eigenvalue weighted by Gasteiger charge is 2.29. The summed E-state index contributed by atoms with van der Waals surface area (Å²) >= 11 is 0. The highest BCUT2D eigenvalue weighted by molar-refractivity contribution is 6.44. The van der Waals surface area contributed by atoms with Crippen LogP contribution in [0.25, 0.3) is 17.2 Å². The first kappa shape index (κ1) is 19.2. The number of hydrogen-bond acceptors (Lipinski definition) is 0. The molecule has 0 spiro atoms. The molecule has 2 aromatic rings. The van der Waals surface area contributed by atoms with Gasteiger partial charge in [-0.1, -0.05) is 98.2 Å². The van der Waals surface area contributed by atoms with Gasteiger partial charge in [0.2, 0.25) is 0 Å². The minimum Gasteiger partial charge on any atom is -0.0776 e. The van der Waals surface area contributed by atoms with Crippen molar-refractivity contribution in [3.05, 3.63) is 88.0 Å². The summed E-state index contributed by atoms with van der Waals surface area (Å²) in [6.45, 7) is 13.6. The summed E-state index contributed by atoms with van der Waals surface area (Å²) in [6, 6.07) is 16.0. The van der Waals surface area contributed by atoms with Gasteiger partial charge in [-0.05, 0) is 65.1 Å². The van der Waals surface area contributed by atoms with Crippen LogP contribution in [-0.4, -0.2) is 9.52 Å². The molecule has 0 aliphatic heterocycles. The van der Waals surface area contributed by atoms with E-state index >= 15 is 0 Å². The molecule has 0 bridgehead atoms. The molecule has 1 heteroatoms. The van der Waals surface area contributed by atoms with Crippen LogP contribution in [0.4, 0.5) is 0 Å². The van der Waals surface area contributed by atoms with E-state index in [-0.39, 0.29) is 5.41 Å². The summed E-state index contributed by atoms with van der Waals surface area (Å²) in [5, 5.41) is 0. The minimum atomic E-state index is 0.193. The number of benzene rings is 2. The second-order valence-corrected chi connectivity index (χ2v) is 10.9. The molecule has 2 atom stereocenters. The van der Waals surface area contributed by atoms with Gasteiger partial charge in [0.1, 0.15) is 0 Å². The number of hydrogen-bond donors (Lipinski definition) is 0. The molecule has 2 unspecified atom stereocenters. The van der Waals surface area contributed by atoms with E-state index in [0.29, 0.717) is 11.1 Å². The lowest BCUT2D eigenvalue weighted by atomic mass is 9.86. The topological polar surface area (TPSA) is 0 Å². The molecule has 2 radical (unpaired) electrons. The maximum Gasteiger partial charge on any atom is 0.0669 e. The molecular weight excluding hydrogens is 352 g/mol. The third-order valence-electron chi connectivity index (χ3n) is 6.06. The summed E-state index contributed by atoms with van der Waals surface area (Å²) in [5.74, 6) is 0. The number of rotatable bonds is 3. The SMILES string of the molecule is CC1=CC([Si]C2C(C)=Cc3c(-c4ccc(C(C)(C)C)cc4)cccc32)C(C)=C1. The lowest BCUT2D eigenvalue weighted by molar-refractivity contribution is 0.590. The molecule has 2 aliphatic rings. The summed E-state index contributed by atoms with van der Waals surface area (Å²) in [7, 11) is 0.885. The zero-order chi connectivity index (χ0) is 20.1. The van der Waals surface area contributed by atoms with E-state index in [9.17, 15) is 0 Å². The number of fused-ring (bicyclic) bond motifs is 1. The van der Waals surface area contributed by atoms with Crippen LogP contribution in [-0.2, 0) is 5.41 Å². The molecule has 0 amide bonds. The average Bonchev–Trinajstić information content (AvgIpc) is 3.13. The van der Waals surface area contributed by atoms with E-state index < -0.39 is 0 Å². The zero-order valence-electron chi connectivity index (χ0n) is 17.9. The van der Waals surface area contributed by atoms with Crippen LogP contribution in [0.15, 0.2) is 71.3 Å². The van der Waals surface area contributed by atoms with Crippen molar-refractivity contribution < 1.29 is 0 Å². The van der Waals surface area contributed by atoms with Gasteiger partial charge in [-0.15, -0.1) is 0 Å². The Labute approximate surface area is 172 Å². The Morgan fingerprint density at radius 3 is 2.14 bits per heavy atom. The monoisotopic (exact) mass is 382 g/mol. The Hall–Kier alpha value is -2.12. The predicted molar refractivity (Wildman–Crippen MR) is 124 cm³/mol. The molecule has 4 rings (SSSR count). The van der Waals surface area contributed by atoms with Crippen molar-refractivity contribution >= 4 is 15.6 Å². The van der Waals surface area contributed by atoms with E-state index in [1.807, 2.05) is 0 Å². The molecule has 0 heterocycles. The maximum absolute atomic E-state index is 2.45. The Morgan fingerprint density at radius 2 is 1.54 bits per heavy atom. The van der Waals surface area contributed by atoms with Crippen LogP contribution in [0, 0.1) is 0 Å². The molecule has 2 aliphatic carbocycles. The minimum absolute atomic E-state index is 0.193. The molecule has 0 saturated heterocycles. The van der Waals surface area contributed by atoms with Crippen LogP contribution in [0.2, 0.25) is 5.54 Å². The fraction of sp³-hybridized carbons (Fsp3) is 0.333. The fourth-order valence-electron chi connectivity index (χ4n) is 4.43. The Bertz CT molecular complexity index is 994. The fourth-order valence-corrected chi connectivity index (χ4v) is 6.27. The van der Waals surface area contributed by atoms with Gasteiger partial charge >= 0.3 is 0 Å². The first-order chi connectivity index (χ1) is 13.2. The van der Waals surface area contributed by atoms with Crippen LogP contribution in [0.3, 0.4) is 0 Å². The van der Waals surface area contributed by atoms with Crippen molar-refractivity contribution in [2.45, 2.75) is 58.0 Å². The van der Waals surface area contributed by atoms with E-state index in [0.717, 1.165) is 9.52 Å². The van der Waals surface area contributed by atoms with Crippen molar-refractivity contribution in [1.82, 2.24) is 0 Å². The molecular formula is C27H30Si. The summed E-state index contributed by atoms with van der Waals surface area (Å²) in [5.41, 5.74) is 12.8. The molecule has 142 valence electrons. The van der Waals surface area contributed by atoms with Gasteiger partial charge in [0.15, 0.2) is 0 Å². The quantitative estimate of drug-likeness (QED) is 0.482. The van der Waals surface area contributed by atoms with E-state index in [1.54, 1.807) is 0 Å². The largest absolute Gasteiger partial charge is 0.0776 e. The molecule has 0 aromatic heterocycles. The molecule has 2 aromatic carbocycles. The van der Waals surface area contributed by atoms with Crippen LogP contribution >= 0.6 is 0 Å². The highest BCUT2D eigenvalue weighted by Crippen LogP contribution is 2.43. The van der Waals surface area contributed by atoms with Gasteiger partial charge in [0.05, 0.1) is 9.52 Å². The van der Waals surface area contributed by atoms with Gasteiger partial charge in [-0.2, -0.15) is 0 Å². The first-order valence-electron chi connectivity index (χ1n) is 10.3. The lowest BCUT2D eigenvalue weighted by Crippen LogP contribution is -2.13. The zero-order valence-corrected chi connectivity index (χ0v) is 18.9. The van der Waals surface area contributed by atoms with Gasteiger partial charge in [-0.3, -0.25) is 0 Å². The molecule has 0 N–H and O–H groups in total. The third kappa shape index (κ3) is 3.49. The first-order valence-corrected chi connectivity index (χ1v) is 11.4. The highest BCUT2D eigenvalue weighted by atomic mass is 28.2. The summed E-state index contributed by atoms with van der Waals surface area (Å²) < 4.78 is 0. The Kier molecular flexibility index (Phi) is 4.83. The molecule has 0 saturated carbocycles. The van der Waals surface area contributed by atoms with Crippen molar-refractivity contribution in [2.75, 3.05) is 0 Å². The van der Waals surface area contributed by atoms with Gasteiger partial charge in [0, 0.05) is 0 Å². The Morgan fingerprint density at radius 1 is 0.821 bits per heavy atom. The Balaban J connectivity index is 1.68. The molecule has 0 nitrogen and oxygen atoms in total. The van der Waals surface area contributed by atoms with Gasteiger partial charge in [0.25, 0.3) is 0 Å². The maximum atomic E-state index is 2.45. The van der Waals surface area contributed by atoms with Crippen molar-refractivity contribution in [3.63, 3.8) is 0 Å². The van der Waals surface area contributed by atoms with Crippen LogP contribution in [0.5, 0.6) is 0 Å². The van der Waals surface area contributed by atoms with E-state index in [2.05, 4.69) is 102 Å². The van der Waals surface area contributed by atoms with Crippen molar-refractivity contribution in [2.24, 2.45) is 0 Å². The summed E-state index contributed by atoms with van der Waals surface area (Å²) in [6.07, 6.45) is 7.23. The standard InChI is InChI=1S/C27H30Si/c1-17-14-18(2)25(15-17)28-26-19(3)16-24-22(8-7-9-23(24)26)20-10-12-21(13-11-20)27(4,5)6/h7-16,25-26H,1-6H3. The second kappa shape index (κ2) is 7.04. The smallest absolute Gasteiger partial charge is 0.0669 e. The lowest BCUT2D eigenvalue weighted by Gasteiger charge is -2.20. The van der Waals surface area contributed by atoms with Crippen molar-refractivity contribution in [3.8, 4) is 11.1 Å². The van der Waals surface area contributed by atoms with Gasteiger partial charge < -0.3 is 0 Å². The normalized spacial score (nSPS) is 21.3. The van der Waals surface area contributed by atoms with E-state index in [4.69, 9.17) is 0 Å². The molecule has 0 fully saturated rings. The summed E-state index contributed by atoms with van der Waals surface area (Å²) in [4.78, 5) is 0.